The van der Waals surface area contributed by atoms with Gasteiger partial charge in [0.1, 0.15) is 5.69 Å². The van der Waals surface area contributed by atoms with Crippen molar-refractivity contribution in [2.24, 2.45) is 0 Å². The molecule has 0 aliphatic carbocycles. The zero-order chi connectivity index (χ0) is 16.4. The van der Waals surface area contributed by atoms with E-state index in [1.54, 1.807) is 6.20 Å². The summed E-state index contributed by atoms with van der Waals surface area (Å²) in [7, 11) is 0. The Balaban J connectivity index is 1.48. The monoisotopic (exact) mass is 320 g/mol. The molecular formula is C18H16N4O2. The van der Waals surface area contributed by atoms with Crippen molar-refractivity contribution in [3.63, 3.8) is 0 Å². The highest BCUT2D eigenvalue weighted by Gasteiger charge is 2.33. The van der Waals surface area contributed by atoms with Crippen LogP contribution in [0.25, 0.3) is 11.6 Å². The first kappa shape index (κ1) is 14.6. The normalized spacial score (nSPS) is 17.4. The Labute approximate surface area is 139 Å². The molecule has 1 aromatic carbocycles. The van der Waals surface area contributed by atoms with E-state index in [-0.39, 0.29) is 11.8 Å². The lowest BCUT2D eigenvalue weighted by atomic mass is 10.1. The Hall–Kier alpha value is -3.02. The molecule has 0 spiro atoms. The topological polar surface area (TPSA) is 72.1 Å². The Bertz CT molecular complexity index is 832. The van der Waals surface area contributed by atoms with Crippen molar-refractivity contribution in [1.82, 2.24) is 20.0 Å². The van der Waals surface area contributed by atoms with Gasteiger partial charge < -0.3 is 9.42 Å². The van der Waals surface area contributed by atoms with Crippen molar-refractivity contribution in [3.8, 4) is 11.6 Å². The molecule has 6 nitrogen and oxygen atoms in total. The standard InChI is InChI=1S/C18H16N4O2/c23-16-10-14(12-22(16)11-13-6-2-1-3-7-13)17-20-18(24-21-17)15-8-4-5-9-19-15/h1-9,14H,10-12H2/t14-/m1/s1. The van der Waals surface area contributed by atoms with Crippen molar-refractivity contribution < 1.29 is 9.32 Å². The summed E-state index contributed by atoms with van der Waals surface area (Å²) in [4.78, 5) is 22.7. The molecule has 1 atom stereocenters. The molecule has 3 aromatic rings. The van der Waals surface area contributed by atoms with Gasteiger partial charge >= 0.3 is 0 Å². The molecule has 6 heteroatoms. The summed E-state index contributed by atoms with van der Waals surface area (Å²) in [5.41, 5.74) is 1.76. The third kappa shape index (κ3) is 2.90. The van der Waals surface area contributed by atoms with Crippen LogP contribution >= 0.6 is 0 Å². The number of amides is 1. The molecule has 0 radical (unpaired) electrons. The van der Waals surface area contributed by atoms with Crippen LogP contribution in [0.4, 0.5) is 0 Å². The molecule has 3 heterocycles. The summed E-state index contributed by atoms with van der Waals surface area (Å²) in [6.45, 7) is 1.22. The van der Waals surface area contributed by atoms with Crippen LogP contribution in [-0.4, -0.2) is 32.5 Å². The molecule has 1 aliphatic heterocycles. The summed E-state index contributed by atoms with van der Waals surface area (Å²) in [5.74, 6) is 1.04. The largest absolute Gasteiger partial charge is 0.338 e. The molecule has 0 saturated carbocycles. The molecule has 24 heavy (non-hydrogen) atoms. The maximum Gasteiger partial charge on any atom is 0.276 e. The minimum absolute atomic E-state index is 0.0394. The first-order valence-corrected chi connectivity index (χ1v) is 7.86. The number of likely N-dealkylation sites (tertiary alicyclic amines) is 1. The van der Waals surface area contributed by atoms with E-state index in [4.69, 9.17) is 4.52 Å². The van der Waals surface area contributed by atoms with Gasteiger partial charge in [-0.1, -0.05) is 41.6 Å². The fourth-order valence-corrected chi connectivity index (χ4v) is 2.90. The van der Waals surface area contributed by atoms with Crippen molar-refractivity contribution in [2.45, 2.75) is 18.9 Å². The molecule has 0 N–H and O–H groups in total. The molecule has 1 aliphatic rings. The highest BCUT2D eigenvalue weighted by Crippen LogP contribution is 2.28. The van der Waals surface area contributed by atoms with Crippen LogP contribution in [-0.2, 0) is 11.3 Å². The number of hydrogen-bond donors (Lipinski definition) is 0. The van der Waals surface area contributed by atoms with Crippen molar-refractivity contribution in [2.75, 3.05) is 6.54 Å². The van der Waals surface area contributed by atoms with Crippen molar-refractivity contribution in [1.29, 1.82) is 0 Å². The van der Waals surface area contributed by atoms with Crippen LogP contribution in [0.3, 0.4) is 0 Å². The number of carbonyl (C=O) groups is 1. The van der Waals surface area contributed by atoms with Gasteiger partial charge in [0.05, 0.1) is 0 Å². The van der Waals surface area contributed by atoms with Gasteiger partial charge in [-0.3, -0.25) is 9.78 Å². The quantitative estimate of drug-likeness (QED) is 0.739. The van der Waals surface area contributed by atoms with Crippen LogP contribution in [0.5, 0.6) is 0 Å². The third-order valence-electron chi connectivity index (χ3n) is 4.12. The third-order valence-corrected chi connectivity index (χ3v) is 4.12. The Kier molecular flexibility index (Phi) is 3.78. The van der Waals surface area contributed by atoms with E-state index in [1.807, 2.05) is 53.4 Å². The Morgan fingerprint density at radius 2 is 1.96 bits per heavy atom. The van der Waals surface area contributed by atoms with Gasteiger partial charge in [0.15, 0.2) is 5.82 Å². The molecular weight excluding hydrogens is 304 g/mol. The van der Waals surface area contributed by atoms with Crippen LogP contribution in [0.1, 0.15) is 23.7 Å². The summed E-state index contributed by atoms with van der Waals surface area (Å²) < 4.78 is 5.30. The summed E-state index contributed by atoms with van der Waals surface area (Å²) in [6.07, 6.45) is 2.09. The number of aromatic nitrogens is 3. The van der Waals surface area contributed by atoms with Crippen LogP contribution in [0.2, 0.25) is 0 Å². The van der Waals surface area contributed by atoms with Gasteiger partial charge in [-0.05, 0) is 17.7 Å². The second-order valence-corrected chi connectivity index (χ2v) is 5.83. The maximum atomic E-state index is 12.3. The van der Waals surface area contributed by atoms with Gasteiger partial charge in [0.25, 0.3) is 5.89 Å². The van der Waals surface area contributed by atoms with Gasteiger partial charge in [0.2, 0.25) is 5.91 Å². The van der Waals surface area contributed by atoms with Gasteiger partial charge in [-0.2, -0.15) is 4.98 Å². The molecule has 120 valence electrons. The van der Waals surface area contributed by atoms with E-state index < -0.39 is 0 Å². The van der Waals surface area contributed by atoms with Gasteiger partial charge in [-0.25, -0.2) is 0 Å². The number of nitrogens with zero attached hydrogens (tertiary/aromatic N) is 4. The fraction of sp³-hybridized carbons (Fsp3) is 0.222. The number of rotatable bonds is 4. The zero-order valence-electron chi connectivity index (χ0n) is 13.0. The van der Waals surface area contributed by atoms with Crippen LogP contribution < -0.4 is 0 Å². The van der Waals surface area contributed by atoms with E-state index in [1.165, 1.54) is 0 Å². The highest BCUT2D eigenvalue weighted by molar-refractivity contribution is 5.79. The summed E-state index contributed by atoms with van der Waals surface area (Å²) >= 11 is 0. The Morgan fingerprint density at radius 3 is 2.75 bits per heavy atom. The molecule has 1 saturated heterocycles. The molecule has 4 rings (SSSR count). The van der Waals surface area contributed by atoms with E-state index in [0.717, 1.165) is 5.56 Å². The highest BCUT2D eigenvalue weighted by atomic mass is 16.5. The van der Waals surface area contributed by atoms with Crippen LogP contribution in [0, 0.1) is 0 Å². The van der Waals surface area contributed by atoms with Crippen molar-refractivity contribution in [3.05, 3.63) is 66.1 Å². The molecule has 0 unspecified atom stereocenters. The minimum atomic E-state index is -0.0394. The van der Waals surface area contributed by atoms with E-state index >= 15 is 0 Å². The number of hydrogen-bond acceptors (Lipinski definition) is 5. The maximum absolute atomic E-state index is 12.3. The smallest absolute Gasteiger partial charge is 0.276 e. The molecule has 2 aromatic heterocycles. The number of benzene rings is 1. The van der Waals surface area contributed by atoms with E-state index in [9.17, 15) is 4.79 Å². The van der Waals surface area contributed by atoms with E-state index in [2.05, 4.69) is 15.1 Å². The summed E-state index contributed by atoms with van der Waals surface area (Å²) in [6, 6.07) is 15.5. The van der Waals surface area contributed by atoms with Crippen molar-refractivity contribution >= 4 is 5.91 Å². The minimum Gasteiger partial charge on any atom is -0.338 e. The number of carbonyl (C=O) groups excluding carboxylic acids is 1. The van der Waals surface area contributed by atoms with E-state index in [0.29, 0.717) is 36.9 Å². The average Bonchev–Trinajstić information content (AvgIpc) is 3.24. The van der Waals surface area contributed by atoms with Gasteiger partial charge in [0, 0.05) is 31.6 Å². The van der Waals surface area contributed by atoms with Crippen LogP contribution in [0.15, 0.2) is 59.3 Å². The molecule has 1 amide bonds. The second kappa shape index (κ2) is 6.23. The molecule has 1 fully saturated rings. The predicted molar refractivity (Wildman–Crippen MR) is 86.7 cm³/mol. The fourth-order valence-electron chi connectivity index (χ4n) is 2.90. The SMILES string of the molecule is O=C1C[C@@H](c2noc(-c3ccccn3)n2)CN1Cc1ccccc1. The first-order chi connectivity index (χ1) is 11.8. The molecule has 0 bridgehead atoms. The number of pyridine rings is 1. The Morgan fingerprint density at radius 1 is 1.12 bits per heavy atom. The average molecular weight is 320 g/mol. The predicted octanol–water partition coefficient (Wildman–Crippen LogP) is 2.65. The zero-order valence-corrected chi connectivity index (χ0v) is 13.0. The lowest BCUT2D eigenvalue weighted by Crippen LogP contribution is -2.24. The first-order valence-electron chi connectivity index (χ1n) is 7.86. The summed E-state index contributed by atoms with van der Waals surface area (Å²) in [5, 5.41) is 4.05. The second-order valence-electron chi connectivity index (χ2n) is 5.83. The lowest BCUT2D eigenvalue weighted by molar-refractivity contribution is -0.128. The van der Waals surface area contributed by atoms with Gasteiger partial charge in [-0.15, -0.1) is 0 Å². The lowest BCUT2D eigenvalue weighted by Gasteiger charge is -2.15.